The van der Waals surface area contributed by atoms with Crippen molar-refractivity contribution in [2.75, 3.05) is 64.6 Å². The number of rotatable bonds is 5. The second-order valence-corrected chi connectivity index (χ2v) is 9.92. The third-order valence-corrected chi connectivity index (χ3v) is 7.76. The molecular formula is C26H33FN6O3. The second-order valence-electron chi connectivity index (χ2n) is 9.92. The van der Waals surface area contributed by atoms with E-state index in [1.54, 1.807) is 7.11 Å². The Hall–Kier alpha value is -2.82. The lowest BCUT2D eigenvalue weighted by molar-refractivity contribution is 0.0728. The number of hydrogen-bond donors (Lipinski definition) is 0. The Kier molecular flexibility index (Phi) is 6.49. The van der Waals surface area contributed by atoms with Crippen molar-refractivity contribution in [1.29, 1.82) is 0 Å². The highest BCUT2D eigenvalue weighted by Crippen LogP contribution is 2.36. The first-order chi connectivity index (χ1) is 17.6. The number of methoxy groups -OCH3 is 1. The van der Waals surface area contributed by atoms with Crippen LogP contribution in [0.2, 0.25) is 0 Å². The number of nitrogens with zero attached hydrogens (tertiary/aromatic N) is 6. The minimum atomic E-state index is -0.918. The lowest BCUT2D eigenvalue weighted by atomic mass is 9.84. The molecule has 192 valence electrons. The van der Waals surface area contributed by atoms with Crippen LogP contribution in [0.25, 0.3) is 16.7 Å². The van der Waals surface area contributed by atoms with E-state index < -0.39 is 6.17 Å². The van der Waals surface area contributed by atoms with Gasteiger partial charge in [0, 0.05) is 49.7 Å². The van der Waals surface area contributed by atoms with Crippen molar-refractivity contribution in [2.45, 2.75) is 37.9 Å². The van der Waals surface area contributed by atoms with Gasteiger partial charge < -0.3 is 19.1 Å². The number of alkyl halides is 1. The molecule has 0 bridgehead atoms. The summed E-state index contributed by atoms with van der Waals surface area (Å²) in [6.45, 7) is 7.75. The summed E-state index contributed by atoms with van der Waals surface area (Å²) in [4.78, 5) is 13.6. The van der Waals surface area contributed by atoms with Crippen LogP contribution in [-0.2, 0) is 9.47 Å². The molecule has 0 radical (unpaired) electrons. The minimum absolute atomic E-state index is 0.139. The first-order valence-corrected chi connectivity index (χ1v) is 12.8. The summed E-state index contributed by atoms with van der Waals surface area (Å²) in [5.41, 5.74) is 3.05. The van der Waals surface area contributed by atoms with Crippen LogP contribution in [0.5, 0.6) is 6.01 Å². The molecule has 3 aromatic rings. The molecular weight excluding hydrogens is 463 g/mol. The fourth-order valence-electron chi connectivity index (χ4n) is 5.76. The van der Waals surface area contributed by atoms with Crippen molar-refractivity contribution >= 4 is 16.7 Å². The highest BCUT2D eigenvalue weighted by Gasteiger charge is 2.35. The van der Waals surface area contributed by atoms with Crippen molar-refractivity contribution in [3.8, 4) is 11.8 Å². The highest BCUT2D eigenvalue weighted by molar-refractivity contribution is 5.82. The molecule has 0 saturated carbocycles. The standard InChI is InChI=1S/C26H33FN6O3/c1-17-11-18-14-28-33(25-13-24(29-26(30-25)34-2)31-6-9-35-10-7-31)23(18)12-21(17)20-3-5-32(15-22(20)27)19-4-8-36-16-19/h11-14,19-20,22H,3-10,15-16H2,1-2H3/t19?,20-,22-/m1/s1. The number of fused-ring (bicyclic) bond motifs is 1. The molecule has 9 nitrogen and oxygen atoms in total. The molecule has 36 heavy (non-hydrogen) atoms. The number of aryl methyl sites for hydroxylation is 1. The lowest BCUT2D eigenvalue weighted by Gasteiger charge is -2.38. The molecule has 0 N–H and O–H groups in total. The summed E-state index contributed by atoms with van der Waals surface area (Å²) in [5, 5.41) is 5.65. The van der Waals surface area contributed by atoms with Crippen LogP contribution >= 0.6 is 0 Å². The smallest absolute Gasteiger partial charge is 0.320 e. The Labute approximate surface area is 210 Å². The molecule has 1 unspecified atom stereocenters. The predicted molar refractivity (Wildman–Crippen MR) is 134 cm³/mol. The van der Waals surface area contributed by atoms with Gasteiger partial charge in [-0.05, 0) is 49.6 Å². The molecule has 3 aliphatic heterocycles. The SMILES string of the molecule is COc1nc(N2CCOCC2)cc(-n2ncc3cc(C)c([C@H]4CCN(C5CCOC5)C[C@H]4F)cc32)n1. The highest BCUT2D eigenvalue weighted by atomic mass is 19.1. The van der Waals surface area contributed by atoms with E-state index in [-0.39, 0.29) is 11.9 Å². The van der Waals surface area contributed by atoms with Crippen LogP contribution in [0.15, 0.2) is 24.4 Å². The summed E-state index contributed by atoms with van der Waals surface area (Å²) >= 11 is 0. The van der Waals surface area contributed by atoms with Gasteiger partial charge in [0.15, 0.2) is 5.82 Å². The Morgan fingerprint density at radius 3 is 2.58 bits per heavy atom. The van der Waals surface area contributed by atoms with Crippen molar-refractivity contribution in [3.63, 3.8) is 0 Å². The number of morpholine rings is 1. The van der Waals surface area contributed by atoms with Crippen molar-refractivity contribution in [2.24, 2.45) is 0 Å². The Bertz CT molecular complexity index is 1220. The van der Waals surface area contributed by atoms with E-state index >= 15 is 4.39 Å². The van der Waals surface area contributed by atoms with Gasteiger partial charge in [0.05, 0.1) is 38.6 Å². The summed E-state index contributed by atoms with van der Waals surface area (Å²) in [5.74, 6) is 1.27. The lowest BCUT2D eigenvalue weighted by Crippen LogP contribution is -2.46. The van der Waals surface area contributed by atoms with Crippen molar-refractivity contribution < 1.29 is 18.6 Å². The largest absolute Gasteiger partial charge is 0.467 e. The third kappa shape index (κ3) is 4.42. The van der Waals surface area contributed by atoms with Gasteiger partial charge in [-0.25, -0.2) is 9.07 Å². The molecule has 5 heterocycles. The quantitative estimate of drug-likeness (QED) is 0.534. The number of ether oxygens (including phenoxy) is 3. The summed E-state index contributed by atoms with van der Waals surface area (Å²) in [6.07, 6.45) is 2.71. The van der Waals surface area contributed by atoms with E-state index in [2.05, 4.69) is 43.9 Å². The zero-order valence-corrected chi connectivity index (χ0v) is 20.9. The molecule has 3 saturated heterocycles. The molecule has 3 fully saturated rings. The van der Waals surface area contributed by atoms with E-state index in [9.17, 15) is 0 Å². The molecule has 2 aromatic heterocycles. The third-order valence-electron chi connectivity index (χ3n) is 7.76. The Morgan fingerprint density at radius 1 is 1.00 bits per heavy atom. The number of halogens is 1. The normalized spacial score (nSPS) is 25.5. The number of anilines is 1. The fourth-order valence-corrected chi connectivity index (χ4v) is 5.76. The topological polar surface area (TPSA) is 77.8 Å². The molecule has 1 aromatic carbocycles. The number of likely N-dealkylation sites (tertiary alicyclic amines) is 1. The first-order valence-electron chi connectivity index (χ1n) is 12.8. The van der Waals surface area contributed by atoms with E-state index in [4.69, 9.17) is 14.2 Å². The number of hydrogen-bond acceptors (Lipinski definition) is 8. The first kappa shape index (κ1) is 23.6. The van der Waals surface area contributed by atoms with E-state index in [1.165, 1.54) is 0 Å². The summed E-state index contributed by atoms with van der Waals surface area (Å²) in [7, 11) is 1.57. The van der Waals surface area contributed by atoms with Crippen molar-refractivity contribution in [3.05, 3.63) is 35.5 Å². The van der Waals surface area contributed by atoms with Gasteiger partial charge in [0.1, 0.15) is 12.0 Å². The van der Waals surface area contributed by atoms with Gasteiger partial charge in [-0.15, -0.1) is 0 Å². The average Bonchev–Trinajstić information content (AvgIpc) is 3.59. The van der Waals surface area contributed by atoms with Crippen LogP contribution in [0.3, 0.4) is 0 Å². The molecule has 3 atom stereocenters. The molecule has 0 amide bonds. The summed E-state index contributed by atoms with van der Waals surface area (Å²) < 4.78 is 33.8. The predicted octanol–water partition coefficient (Wildman–Crippen LogP) is 2.89. The fraction of sp³-hybridized carbons (Fsp3) is 0.577. The van der Waals surface area contributed by atoms with Crippen LogP contribution < -0.4 is 9.64 Å². The summed E-state index contributed by atoms with van der Waals surface area (Å²) in [6, 6.07) is 6.78. The average molecular weight is 497 g/mol. The number of aromatic nitrogens is 4. The van der Waals surface area contributed by atoms with Gasteiger partial charge in [0.25, 0.3) is 0 Å². The number of piperidine rings is 1. The van der Waals surface area contributed by atoms with E-state index in [0.717, 1.165) is 73.5 Å². The van der Waals surface area contributed by atoms with Crippen molar-refractivity contribution in [1.82, 2.24) is 24.6 Å². The van der Waals surface area contributed by atoms with Gasteiger partial charge in [-0.1, -0.05) is 0 Å². The maximum atomic E-state index is 15.6. The molecule has 3 aliphatic rings. The second kappa shape index (κ2) is 9.91. The van der Waals surface area contributed by atoms with Gasteiger partial charge in [-0.2, -0.15) is 15.1 Å². The van der Waals surface area contributed by atoms with Gasteiger partial charge >= 0.3 is 6.01 Å². The van der Waals surface area contributed by atoms with Crippen LogP contribution in [-0.4, -0.2) is 96.6 Å². The van der Waals surface area contributed by atoms with Gasteiger partial charge in [0.2, 0.25) is 0 Å². The minimum Gasteiger partial charge on any atom is -0.467 e. The zero-order valence-electron chi connectivity index (χ0n) is 20.9. The molecule has 10 heteroatoms. The van der Waals surface area contributed by atoms with Crippen LogP contribution in [0, 0.1) is 6.92 Å². The Morgan fingerprint density at radius 2 is 1.83 bits per heavy atom. The molecule has 0 aliphatic carbocycles. The maximum Gasteiger partial charge on any atom is 0.320 e. The molecule has 6 rings (SSSR count). The zero-order chi connectivity index (χ0) is 24.6. The monoisotopic (exact) mass is 496 g/mol. The van der Waals surface area contributed by atoms with Gasteiger partial charge in [-0.3, -0.25) is 4.90 Å². The van der Waals surface area contributed by atoms with Crippen LogP contribution in [0.1, 0.15) is 29.9 Å². The maximum absolute atomic E-state index is 15.6. The van der Waals surface area contributed by atoms with Crippen LogP contribution in [0.4, 0.5) is 10.2 Å². The number of benzene rings is 1. The molecule has 0 spiro atoms. The van der Waals surface area contributed by atoms with E-state index in [0.29, 0.717) is 31.6 Å². The van der Waals surface area contributed by atoms with E-state index in [1.807, 2.05) is 16.9 Å². The Balaban J connectivity index is 1.33.